The van der Waals surface area contributed by atoms with Gasteiger partial charge in [0.05, 0.1) is 6.20 Å². The lowest BCUT2D eigenvalue weighted by Crippen LogP contribution is -2.27. The van der Waals surface area contributed by atoms with Gasteiger partial charge >= 0.3 is 0 Å². The standard InChI is InChI=1S/C13H15F2N3O2S/c1-9-10(7-16-18(9)3)8-17(2)21(19,20)13-6-11(14)4-5-12(13)15/h4-7H,8H2,1-3H3. The fraction of sp³-hybridized carbons (Fsp3) is 0.308. The fourth-order valence-electron chi connectivity index (χ4n) is 1.87. The summed E-state index contributed by atoms with van der Waals surface area (Å²) in [6.45, 7) is 1.82. The fourth-order valence-corrected chi connectivity index (χ4v) is 3.09. The largest absolute Gasteiger partial charge is 0.273 e. The van der Waals surface area contributed by atoms with Crippen molar-refractivity contribution >= 4 is 10.0 Å². The van der Waals surface area contributed by atoms with Crippen molar-refractivity contribution in [1.29, 1.82) is 0 Å². The maximum absolute atomic E-state index is 13.7. The van der Waals surface area contributed by atoms with E-state index in [-0.39, 0.29) is 6.54 Å². The highest BCUT2D eigenvalue weighted by molar-refractivity contribution is 7.89. The first-order valence-corrected chi connectivity index (χ1v) is 7.56. The molecule has 0 fully saturated rings. The number of rotatable bonds is 4. The van der Waals surface area contributed by atoms with Gasteiger partial charge in [-0.2, -0.15) is 9.40 Å². The van der Waals surface area contributed by atoms with E-state index >= 15 is 0 Å². The first-order chi connectivity index (χ1) is 9.73. The second-order valence-corrected chi connectivity index (χ2v) is 6.73. The van der Waals surface area contributed by atoms with Gasteiger partial charge in [-0.25, -0.2) is 17.2 Å². The van der Waals surface area contributed by atoms with Crippen LogP contribution in [-0.4, -0.2) is 29.6 Å². The zero-order chi connectivity index (χ0) is 15.8. The van der Waals surface area contributed by atoms with Crippen molar-refractivity contribution in [3.63, 3.8) is 0 Å². The minimum absolute atomic E-state index is 0.0258. The molecule has 1 heterocycles. The van der Waals surface area contributed by atoms with E-state index in [1.165, 1.54) is 7.05 Å². The van der Waals surface area contributed by atoms with Gasteiger partial charge in [0, 0.05) is 31.9 Å². The molecule has 2 aromatic rings. The first kappa shape index (κ1) is 15.6. The number of halogens is 2. The Hall–Kier alpha value is -1.80. The SMILES string of the molecule is Cc1c(CN(C)S(=O)(=O)c2cc(F)ccc2F)cnn1C. The molecule has 2 rings (SSSR count). The average molecular weight is 315 g/mol. The Labute approximate surface area is 121 Å². The number of nitrogens with zero attached hydrogens (tertiary/aromatic N) is 3. The van der Waals surface area contributed by atoms with Crippen LogP contribution in [-0.2, 0) is 23.6 Å². The normalized spacial score (nSPS) is 12.1. The Bertz CT molecular complexity index is 772. The lowest BCUT2D eigenvalue weighted by molar-refractivity contribution is 0.457. The quantitative estimate of drug-likeness (QED) is 0.865. The van der Waals surface area contributed by atoms with Crippen molar-refractivity contribution in [1.82, 2.24) is 14.1 Å². The highest BCUT2D eigenvalue weighted by Gasteiger charge is 2.26. The van der Waals surface area contributed by atoms with Gasteiger partial charge in [-0.05, 0) is 25.1 Å². The van der Waals surface area contributed by atoms with Gasteiger partial charge in [-0.15, -0.1) is 0 Å². The minimum Gasteiger partial charge on any atom is -0.273 e. The van der Waals surface area contributed by atoms with Crippen molar-refractivity contribution in [3.05, 3.63) is 47.3 Å². The summed E-state index contributed by atoms with van der Waals surface area (Å²) in [6.07, 6.45) is 1.54. The highest BCUT2D eigenvalue weighted by Crippen LogP contribution is 2.21. The van der Waals surface area contributed by atoms with E-state index in [1.54, 1.807) is 24.9 Å². The van der Waals surface area contributed by atoms with E-state index < -0.39 is 26.6 Å². The van der Waals surface area contributed by atoms with Crippen molar-refractivity contribution < 1.29 is 17.2 Å². The van der Waals surface area contributed by atoms with E-state index in [4.69, 9.17) is 0 Å². The Balaban J connectivity index is 2.35. The van der Waals surface area contributed by atoms with Crippen molar-refractivity contribution in [3.8, 4) is 0 Å². The van der Waals surface area contributed by atoms with Crippen LogP contribution in [0.5, 0.6) is 0 Å². The van der Waals surface area contributed by atoms with Crippen LogP contribution in [0.4, 0.5) is 8.78 Å². The monoisotopic (exact) mass is 315 g/mol. The number of benzene rings is 1. The Morgan fingerprint density at radius 1 is 1.33 bits per heavy atom. The van der Waals surface area contributed by atoms with Gasteiger partial charge in [-0.3, -0.25) is 4.68 Å². The molecule has 0 atom stereocenters. The summed E-state index contributed by atoms with van der Waals surface area (Å²) < 4.78 is 54.0. The Morgan fingerprint density at radius 2 is 2.00 bits per heavy atom. The lowest BCUT2D eigenvalue weighted by atomic mass is 10.3. The molecule has 0 bridgehead atoms. The number of aromatic nitrogens is 2. The van der Waals surface area contributed by atoms with E-state index in [0.29, 0.717) is 11.6 Å². The first-order valence-electron chi connectivity index (χ1n) is 6.12. The summed E-state index contributed by atoms with van der Waals surface area (Å²) in [5.41, 5.74) is 1.50. The summed E-state index contributed by atoms with van der Waals surface area (Å²) in [6, 6.07) is 2.35. The van der Waals surface area contributed by atoms with E-state index in [1.807, 2.05) is 0 Å². The minimum atomic E-state index is -4.12. The summed E-state index contributed by atoms with van der Waals surface area (Å²) in [5.74, 6) is -1.79. The summed E-state index contributed by atoms with van der Waals surface area (Å²) in [4.78, 5) is -0.674. The molecule has 0 N–H and O–H groups in total. The summed E-state index contributed by atoms with van der Waals surface area (Å²) in [7, 11) is -1.07. The molecule has 1 aromatic carbocycles. The van der Waals surface area contributed by atoms with Crippen LogP contribution in [0.1, 0.15) is 11.3 Å². The third-order valence-corrected chi connectivity index (χ3v) is 5.13. The molecule has 0 spiro atoms. The van der Waals surface area contributed by atoms with E-state index in [0.717, 1.165) is 22.1 Å². The van der Waals surface area contributed by atoms with Crippen LogP contribution in [0.3, 0.4) is 0 Å². The topological polar surface area (TPSA) is 55.2 Å². The van der Waals surface area contributed by atoms with Gasteiger partial charge < -0.3 is 0 Å². The van der Waals surface area contributed by atoms with Crippen molar-refractivity contribution in [2.75, 3.05) is 7.05 Å². The van der Waals surface area contributed by atoms with Gasteiger partial charge in [-0.1, -0.05) is 0 Å². The van der Waals surface area contributed by atoms with Gasteiger partial charge in [0.1, 0.15) is 16.5 Å². The van der Waals surface area contributed by atoms with Crippen LogP contribution in [0.25, 0.3) is 0 Å². The summed E-state index contributed by atoms with van der Waals surface area (Å²) >= 11 is 0. The number of aryl methyl sites for hydroxylation is 1. The second-order valence-electron chi connectivity index (χ2n) is 4.71. The molecular formula is C13H15F2N3O2S. The molecule has 5 nitrogen and oxygen atoms in total. The molecule has 0 aliphatic rings. The smallest absolute Gasteiger partial charge is 0.246 e. The molecule has 0 saturated carbocycles. The molecule has 0 amide bonds. The zero-order valence-corrected chi connectivity index (χ0v) is 12.7. The molecule has 0 unspecified atom stereocenters. The molecular weight excluding hydrogens is 300 g/mol. The van der Waals surface area contributed by atoms with Crippen LogP contribution in [0.15, 0.2) is 29.3 Å². The van der Waals surface area contributed by atoms with Gasteiger partial charge in [0.2, 0.25) is 10.0 Å². The van der Waals surface area contributed by atoms with Crippen LogP contribution < -0.4 is 0 Å². The molecule has 0 aliphatic carbocycles. The average Bonchev–Trinajstić information content (AvgIpc) is 2.73. The predicted octanol–water partition coefficient (Wildman–Crippen LogP) is 1.83. The Kier molecular flexibility index (Phi) is 4.11. The van der Waals surface area contributed by atoms with E-state index in [2.05, 4.69) is 5.10 Å². The van der Waals surface area contributed by atoms with Crippen molar-refractivity contribution in [2.45, 2.75) is 18.4 Å². The number of hydrogen-bond acceptors (Lipinski definition) is 3. The number of sulfonamides is 1. The molecule has 0 saturated heterocycles. The maximum Gasteiger partial charge on any atom is 0.246 e. The van der Waals surface area contributed by atoms with Crippen LogP contribution in [0, 0.1) is 18.6 Å². The third kappa shape index (κ3) is 2.96. The molecule has 114 valence electrons. The molecule has 0 aliphatic heterocycles. The lowest BCUT2D eigenvalue weighted by Gasteiger charge is -2.17. The third-order valence-electron chi connectivity index (χ3n) is 3.31. The van der Waals surface area contributed by atoms with Crippen LogP contribution in [0.2, 0.25) is 0 Å². The van der Waals surface area contributed by atoms with Crippen molar-refractivity contribution in [2.24, 2.45) is 7.05 Å². The summed E-state index contributed by atoms with van der Waals surface area (Å²) in [5, 5.41) is 4.02. The van der Waals surface area contributed by atoms with Gasteiger partial charge in [0.15, 0.2) is 0 Å². The molecule has 1 aromatic heterocycles. The number of hydrogen-bond donors (Lipinski definition) is 0. The zero-order valence-electron chi connectivity index (χ0n) is 11.8. The highest BCUT2D eigenvalue weighted by atomic mass is 32.2. The van der Waals surface area contributed by atoms with E-state index in [9.17, 15) is 17.2 Å². The van der Waals surface area contributed by atoms with Gasteiger partial charge in [0.25, 0.3) is 0 Å². The molecule has 8 heteroatoms. The molecule has 21 heavy (non-hydrogen) atoms. The Morgan fingerprint density at radius 3 is 2.57 bits per heavy atom. The maximum atomic E-state index is 13.7. The predicted molar refractivity (Wildman–Crippen MR) is 73.0 cm³/mol. The second kappa shape index (κ2) is 5.53. The van der Waals surface area contributed by atoms with Crippen LogP contribution >= 0.6 is 0 Å². The molecule has 0 radical (unpaired) electrons.